The summed E-state index contributed by atoms with van der Waals surface area (Å²) in [5.41, 5.74) is 1.69. The third-order valence-corrected chi connectivity index (χ3v) is 2.08. The number of H-pyrrole nitrogens is 1. The lowest BCUT2D eigenvalue weighted by atomic mass is 10.3. The van der Waals surface area contributed by atoms with E-state index in [0.717, 1.165) is 21.3 Å². The van der Waals surface area contributed by atoms with Gasteiger partial charge in [-0.3, -0.25) is 5.10 Å². The van der Waals surface area contributed by atoms with Gasteiger partial charge >= 0.3 is 0 Å². The number of hydrogen-bond donors (Lipinski definition) is 1. The Morgan fingerprint density at radius 3 is 3.00 bits per heavy atom. The molecule has 0 unspecified atom stereocenters. The molecule has 0 spiro atoms. The molecule has 0 saturated carbocycles. The highest BCUT2D eigenvalue weighted by Gasteiger charge is 2.05. The van der Waals surface area contributed by atoms with Gasteiger partial charge in [-0.15, -0.1) is 0 Å². The number of nitrogens with one attached hydrogen (secondary N) is 1. The number of nitrogens with zero attached hydrogens (tertiary/aromatic N) is 3. The maximum absolute atomic E-state index is 4.04. The van der Waals surface area contributed by atoms with Crippen LogP contribution < -0.4 is 0 Å². The van der Waals surface area contributed by atoms with Crippen LogP contribution in [0.3, 0.4) is 0 Å². The van der Waals surface area contributed by atoms with E-state index in [4.69, 9.17) is 0 Å². The first-order valence-electron chi connectivity index (χ1n) is 3.10. The van der Waals surface area contributed by atoms with E-state index in [-0.39, 0.29) is 0 Å². The number of fused-ring (bicyclic) bond motifs is 1. The number of halogens is 1. The van der Waals surface area contributed by atoms with Gasteiger partial charge in [0, 0.05) is 0 Å². The SMILES string of the molecule is Cc1ncnc2[nH]nc(Br)c12. The van der Waals surface area contributed by atoms with Crippen LogP contribution in [0, 0.1) is 6.92 Å². The first-order valence-corrected chi connectivity index (χ1v) is 3.89. The molecule has 0 aliphatic heterocycles. The topological polar surface area (TPSA) is 54.5 Å². The fourth-order valence-electron chi connectivity index (χ4n) is 0.963. The van der Waals surface area contributed by atoms with E-state index in [0.29, 0.717) is 0 Å². The van der Waals surface area contributed by atoms with Crippen LogP contribution in [0.5, 0.6) is 0 Å². The molecule has 0 fully saturated rings. The van der Waals surface area contributed by atoms with Crippen molar-refractivity contribution in [3.8, 4) is 0 Å². The molecule has 0 aliphatic carbocycles. The van der Waals surface area contributed by atoms with E-state index < -0.39 is 0 Å². The second-order valence-corrected chi connectivity index (χ2v) is 2.95. The summed E-state index contributed by atoms with van der Waals surface area (Å²) < 4.78 is 0.769. The van der Waals surface area contributed by atoms with Gasteiger partial charge in [0.05, 0.1) is 11.1 Å². The molecule has 11 heavy (non-hydrogen) atoms. The minimum Gasteiger partial charge on any atom is -0.260 e. The van der Waals surface area contributed by atoms with Crippen molar-refractivity contribution >= 4 is 27.0 Å². The number of aromatic amines is 1. The van der Waals surface area contributed by atoms with Crippen LogP contribution in [0.1, 0.15) is 5.69 Å². The van der Waals surface area contributed by atoms with E-state index >= 15 is 0 Å². The number of rotatable bonds is 0. The van der Waals surface area contributed by atoms with Crippen molar-refractivity contribution in [2.45, 2.75) is 6.92 Å². The Morgan fingerprint density at radius 2 is 2.27 bits per heavy atom. The second-order valence-electron chi connectivity index (χ2n) is 2.20. The van der Waals surface area contributed by atoms with E-state index in [9.17, 15) is 0 Å². The maximum Gasteiger partial charge on any atom is 0.160 e. The van der Waals surface area contributed by atoms with Crippen LogP contribution in [0.4, 0.5) is 0 Å². The molecule has 4 nitrogen and oxygen atoms in total. The number of hydrogen-bond acceptors (Lipinski definition) is 3. The van der Waals surface area contributed by atoms with Crippen molar-refractivity contribution in [1.29, 1.82) is 0 Å². The summed E-state index contributed by atoms with van der Waals surface area (Å²) in [6, 6.07) is 0. The fourth-order valence-corrected chi connectivity index (χ4v) is 1.53. The van der Waals surface area contributed by atoms with Crippen molar-refractivity contribution in [2.24, 2.45) is 0 Å². The highest BCUT2D eigenvalue weighted by molar-refractivity contribution is 9.10. The molecule has 56 valence electrons. The van der Waals surface area contributed by atoms with Crippen LogP contribution in [-0.4, -0.2) is 20.2 Å². The largest absolute Gasteiger partial charge is 0.260 e. The fraction of sp³-hybridized carbons (Fsp3) is 0.167. The molecule has 0 aliphatic rings. The monoisotopic (exact) mass is 212 g/mol. The molecule has 0 saturated heterocycles. The lowest BCUT2D eigenvalue weighted by molar-refractivity contribution is 1.07. The summed E-state index contributed by atoms with van der Waals surface area (Å²) >= 11 is 3.30. The minimum atomic E-state index is 0.768. The molecule has 2 aromatic heterocycles. The lowest BCUT2D eigenvalue weighted by Gasteiger charge is -1.90. The summed E-state index contributed by atoms with van der Waals surface area (Å²) in [6.45, 7) is 1.92. The van der Waals surface area contributed by atoms with E-state index in [1.165, 1.54) is 6.33 Å². The van der Waals surface area contributed by atoms with Crippen molar-refractivity contribution in [2.75, 3.05) is 0 Å². The molecule has 0 atom stereocenters. The van der Waals surface area contributed by atoms with E-state index in [1.54, 1.807) is 0 Å². The molecular weight excluding hydrogens is 208 g/mol. The molecule has 1 N–H and O–H groups in total. The van der Waals surface area contributed by atoms with Crippen LogP contribution in [0.15, 0.2) is 10.9 Å². The van der Waals surface area contributed by atoms with Gasteiger partial charge in [0.15, 0.2) is 5.65 Å². The number of aryl methyl sites for hydroxylation is 1. The van der Waals surface area contributed by atoms with Crippen LogP contribution >= 0.6 is 15.9 Å². The smallest absolute Gasteiger partial charge is 0.160 e. The highest BCUT2D eigenvalue weighted by atomic mass is 79.9. The van der Waals surface area contributed by atoms with E-state index in [2.05, 4.69) is 36.1 Å². The van der Waals surface area contributed by atoms with Gasteiger partial charge in [0.2, 0.25) is 0 Å². The van der Waals surface area contributed by atoms with Crippen molar-refractivity contribution in [1.82, 2.24) is 20.2 Å². The lowest BCUT2D eigenvalue weighted by Crippen LogP contribution is -1.84. The molecular formula is C6H5BrN4. The second kappa shape index (κ2) is 2.27. The van der Waals surface area contributed by atoms with Gasteiger partial charge in [-0.1, -0.05) is 0 Å². The molecule has 2 heterocycles. The molecule has 0 amide bonds. The Kier molecular flexibility index (Phi) is 1.38. The van der Waals surface area contributed by atoms with Gasteiger partial charge in [-0.2, -0.15) is 5.10 Å². The molecule has 0 aromatic carbocycles. The molecule has 2 aromatic rings. The summed E-state index contributed by atoms with van der Waals surface area (Å²) in [5, 5.41) is 7.68. The number of aromatic nitrogens is 4. The Labute approximate surface area is 71.2 Å². The Bertz CT molecular complexity index is 394. The Balaban J connectivity index is 2.96. The standard InChI is InChI=1S/C6H5BrN4/c1-3-4-5(7)10-11-6(4)9-2-8-3/h2H,1H3,(H,8,9,10,11). The van der Waals surface area contributed by atoms with Gasteiger partial charge in [-0.25, -0.2) is 9.97 Å². The first-order chi connectivity index (χ1) is 5.29. The van der Waals surface area contributed by atoms with Crippen molar-refractivity contribution < 1.29 is 0 Å². The van der Waals surface area contributed by atoms with Crippen LogP contribution in [0.25, 0.3) is 11.0 Å². The highest BCUT2D eigenvalue weighted by Crippen LogP contribution is 2.20. The third-order valence-electron chi connectivity index (χ3n) is 1.50. The Hall–Kier alpha value is -0.970. The zero-order valence-corrected chi connectivity index (χ0v) is 7.38. The van der Waals surface area contributed by atoms with Crippen molar-refractivity contribution in [3.05, 3.63) is 16.6 Å². The molecule has 5 heteroatoms. The summed E-state index contributed by atoms with van der Waals surface area (Å²) in [6.07, 6.45) is 1.52. The molecule has 0 radical (unpaired) electrons. The van der Waals surface area contributed by atoms with Gasteiger partial charge in [0.25, 0.3) is 0 Å². The average molecular weight is 213 g/mol. The predicted octanol–water partition coefficient (Wildman–Crippen LogP) is 1.42. The average Bonchev–Trinajstić information content (AvgIpc) is 2.34. The Morgan fingerprint density at radius 1 is 1.45 bits per heavy atom. The summed E-state index contributed by atoms with van der Waals surface area (Å²) in [5.74, 6) is 0. The van der Waals surface area contributed by atoms with Crippen LogP contribution in [-0.2, 0) is 0 Å². The molecule has 2 rings (SSSR count). The maximum atomic E-state index is 4.04. The summed E-state index contributed by atoms with van der Waals surface area (Å²) in [7, 11) is 0. The van der Waals surface area contributed by atoms with Gasteiger partial charge < -0.3 is 0 Å². The molecule has 0 bridgehead atoms. The van der Waals surface area contributed by atoms with Crippen LogP contribution in [0.2, 0.25) is 0 Å². The third kappa shape index (κ3) is 0.920. The van der Waals surface area contributed by atoms with Gasteiger partial charge in [0.1, 0.15) is 10.9 Å². The first kappa shape index (κ1) is 6.72. The zero-order valence-electron chi connectivity index (χ0n) is 5.80. The van der Waals surface area contributed by atoms with Crippen molar-refractivity contribution in [3.63, 3.8) is 0 Å². The predicted molar refractivity (Wildman–Crippen MR) is 44.1 cm³/mol. The quantitative estimate of drug-likeness (QED) is 0.719. The van der Waals surface area contributed by atoms with Gasteiger partial charge in [-0.05, 0) is 22.9 Å². The van der Waals surface area contributed by atoms with E-state index in [1.807, 2.05) is 6.92 Å². The zero-order chi connectivity index (χ0) is 7.84. The minimum absolute atomic E-state index is 0.768. The summed E-state index contributed by atoms with van der Waals surface area (Å²) in [4.78, 5) is 8.04. The normalized spacial score (nSPS) is 10.7.